The fourth-order valence-electron chi connectivity index (χ4n) is 0.998. The summed E-state index contributed by atoms with van der Waals surface area (Å²) in [6, 6.07) is -0.572. The number of nitrogens with two attached hydrogens (primary N) is 1. The third-order valence-corrected chi connectivity index (χ3v) is 1.77. The Labute approximate surface area is 85.1 Å². The van der Waals surface area contributed by atoms with Crippen molar-refractivity contribution in [2.24, 2.45) is 5.73 Å². The van der Waals surface area contributed by atoms with E-state index in [1.807, 2.05) is 11.9 Å². The minimum Gasteiger partial charge on any atom is -0.465 e. The zero-order valence-electron chi connectivity index (χ0n) is 9.16. The van der Waals surface area contributed by atoms with Gasteiger partial charge in [0.2, 0.25) is 0 Å². The molecular weight excluding hydrogens is 184 g/mol. The molecule has 0 spiro atoms. The molecular formula is C9H20N2O3. The molecule has 14 heavy (non-hydrogen) atoms. The summed E-state index contributed by atoms with van der Waals surface area (Å²) in [5.74, 6) is -0.350. The van der Waals surface area contributed by atoms with Crippen molar-refractivity contribution in [1.29, 1.82) is 0 Å². The Bertz CT molecular complexity index is 164. The Morgan fingerprint density at radius 1 is 1.57 bits per heavy atom. The minimum absolute atomic E-state index is 0.350. The van der Waals surface area contributed by atoms with Gasteiger partial charge in [0.1, 0.15) is 6.04 Å². The van der Waals surface area contributed by atoms with Crippen molar-refractivity contribution < 1.29 is 14.3 Å². The molecule has 0 aliphatic heterocycles. The first kappa shape index (κ1) is 13.4. The van der Waals surface area contributed by atoms with Crippen LogP contribution in [0.4, 0.5) is 0 Å². The van der Waals surface area contributed by atoms with Crippen LogP contribution in [0.1, 0.15) is 6.92 Å². The van der Waals surface area contributed by atoms with Crippen molar-refractivity contribution in [3.63, 3.8) is 0 Å². The van der Waals surface area contributed by atoms with Crippen molar-refractivity contribution in [2.75, 3.05) is 40.5 Å². The van der Waals surface area contributed by atoms with E-state index in [-0.39, 0.29) is 5.97 Å². The zero-order chi connectivity index (χ0) is 11.0. The lowest BCUT2D eigenvalue weighted by atomic mass is 10.3. The van der Waals surface area contributed by atoms with Gasteiger partial charge in [-0.05, 0) is 14.0 Å². The van der Waals surface area contributed by atoms with E-state index in [4.69, 9.17) is 15.2 Å². The van der Waals surface area contributed by atoms with Crippen LogP contribution in [0, 0.1) is 0 Å². The van der Waals surface area contributed by atoms with E-state index in [2.05, 4.69) is 0 Å². The van der Waals surface area contributed by atoms with Crippen molar-refractivity contribution in [3.05, 3.63) is 0 Å². The number of hydrogen-bond acceptors (Lipinski definition) is 5. The summed E-state index contributed by atoms with van der Waals surface area (Å²) in [6.07, 6.45) is 0. The van der Waals surface area contributed by atoms with Gasteiger partial charge in [0.05, 0.1) is 13.2 Å². The largest absolute Gasteiger partial charge is 0.465 e. The zero-order valence-corrected chi connectivity index (χ0v) is 9.16. The summed E-state index contributed by atoms with van der Waals surface area (Å²) in [4.78, 5) is 13.1. The van der Waals surface area contributed by atoms with E-state index in [0.717, 1.165) is 6.54 Å². The first-order chi connectivity index (χ1) is 6.61. The number of carbonyl (C=O) groups is 1. The smallest absolute Gasteiger partial charge is 0.324 e. The number of rotatable bonds is 7. The van der Waals surface area contributed by atoms with Crippen molar-refractivity contribution >= 4 is 5.97 Å². The summed E-state index contributed by atoms with van der Waals surface area (Å²) in [5, 5.41) is 0. The Morgan fingerprint density at radius 2 is 2.21 bits per heavy atom. The first-order valence-electron chi connectivity index (χ1n) is 4.71. The maximum absolute atomic E-state index is 11.1. The molecule has 0 aromatic carbocycles. The molecule has 0 rings (SSSR count). The molecule has 0 radical (unpaired) electrons. The SMILES string of the molecule is CCOC(=O)C(N)CN(C)CCOC. The second-order valence-electron chi connectivity index (χ2n) is 3.11. The summed E-state index contributed by atoms with van der Waals surface area (Å²) in [6.45, 7) is 4.01. The monoisotopic (exact) mass is 204 g/mol. The summed E-state index contributed by atoms with van der Waals surface area (Å²) in [7, 11) is 3.53. The molecule has 0 amide bonds. The van der Waals surface area contributed by atoms with Crippen molar-refractivity contribution in [1.82, 2.24) is 4.90 Å². The molecule has 0 aliphatic carbocycles. The highest BCUT2D eigenvalue weighted by Gasteiger charge is 2.16. The van der Waals surface area contributed by atoms with Crippen LogP contribution in [-0.4, -0.2) is 57.4 Å². The van der Waals surface area contributed by atoms with E-state index >= 15 is 0 Å². The average Bonchev–Trinajstić information content (AvgIpc) is 2.15. The molecule has 84 valence electrons. The predicted octanol–water partition coefficient (Wildman–Crippen LogP) is -0.545. The van der Waals surface area contributed by atoms with E-state index in [1.165, 1.54) is 0 Å². The van der Waals surface area contributed by atoms with E-state index in [9.17, 15) is 4.79 Å². The Hall–Kier alpha value is -0.650. The van der Waals surface area contributed by atoms with Gasteiger partial charge in [-0.1, -0.05) is 0 Å². The van der Waals surface area contributed by atoms with E-state index in [1.54, 1.807) is 14.0 Å². The molecule has 5 heteroatoms. The number of methoxy groups -OCH3 is 1. The number of esters is 1. The molecule has 2 N–H and O–H groups in total. The summed E-state index contributed by atoms with van der Waals surface area (Å²) in [5.41, 5.74) is 5.62. The number of nitrogens with zero attached hydrogens (tertiary/aromatic N) is 1. The molecule has 0 aliphatic rings. The van der Waals surface area contributed by atoms with Crippen LogP contribution in [0.25, 0.3) is 0 Å². The topological polar surface area (TPSA) is 64.8 Å². The second-order valence-corrected chi connectivity index (χ2v) is 3.11. The van der Waals surface area contributed by atoms with Crippen LogP contribution in [0.5, 0.6) is 0 Å². The lowest BCUT2D eigenvalue weighted by Crippen LogP contribution is -2.43. The summed E-state index contributed by atoms with van der Waals surface area (Å²) >= 11 is 0. The fraction of sp³-hybridized carbons (Fsp3) is 0.889. The molecule has 0 saturated heterocycles. The molecule has 1 unspecified atom stereocenters. The lowest BCUT2D eigenvalue weighted by Gasteiger charge is -2.19. The average molecular weight is 204 g/mol. The van der Waals surface area contributed by atoms with Crippen LogP contribution in [0.15, 0.2) is 0 Å². The molecule has 0 bridgehead atoms. The highest BCUT2D eigenvalue weighted by molar-refractivity contribution is 5.75. The van der Waals surface area contributed by atoms with Crippen LogP contribution >= 0.6 is 0 Å². The maximum Gasteiger partial charge on any atom is 0.324 e. The predicted molar refractivity (Wildman–Crippen MR) is 54.0 cm³/mol. The highest BCUT2D eigenvalue weighted by Crippen LogP contribution is 1.90. The van der Waals surface area contributed by atoms with Crippen molar-refractivity contribution in [3.8, 4) is 0 Å². The molecule has 0 saturated carbocycles. The van der Waals surface area contributed by atoms with Gasteiger partial charge < -0.3 is 20.1 Å². The van der Waals surface area contributed by atoms with Gasteiger partial charge in [-0.15, -0.1) is 0 Å². The van der Waals surface area contributed by atoms with Gasteiger partial charge in [-0.2, -0.15) is 0 Å². The highest BCUT2D eigenvalue weighted by atomic mass is 16.5. The van der Waals surface area contributed by atoms with Gasteiger partial charge in [-0.3, -0.25) is 4.79 Å². The minimum atomic E-state index is -0.572. The fourth-order valence-corrected chi connectivity index (χ4v) is 0.998. The van der Waals surface area contributed by atoms with Gasteiger partial charge in [0.15, 0.2) is 0 Å². The van der Waals surface area contributed by atoms with Crippen LogP contribution in [-0.2, 0) is 14.3 Å². The summed E-state index contributed by atoms with van der Waals surface area (Å²) < 4.78 is 9.69. The van der Waals surface area contributed by atoms with Gasteiger partial charge >= 0.3 is 5.97 Å². The maximum atomic E-state index is 11.1. The Kier molecular flexibility index (Phi) is 7.37. The Balaban J connectivity index is 3.68. The van der Waals surface area contributed by atoms with Gasteiger partial charge in [-0.25, -0.2) is 0 Å². The molecule has 5 nitrogen and oxygen atoms in total. The van der Waals surface area contributed by atoms with Crippen LogP contribution < -0.4 is 5.73 Å². The lowest BCUT2D eigenvalue weighted by molar-refractivity contribution is -0.145. The number of likely N-dealkylation sites (N-methyl/N-ethyl adjacent to an activating group) is 1. The third kappa shape index (κ3) is 5.90. The molecule has 0 aromatic heterocycles. The van der Waals surface area contributed by atoms with E-state index in [0.29, 0.717) is 19.8 Å². The normalized spacial score (nSPS) is 12.9. The molecule has 0 aromatic rings. The standard InChI is InChI=1S/C9H20N2O3/c1-4-14-9(12)8(10)7-11(2)5-6-13-3/h8H,4-7,10H2,1-3H3. The van der Waals surface area contributed by atoms with E-state index < -0.39 is 6.04 Å². The van der Waals surface area contributed by atoms with Crippen LogP contribution in [0.2, 0.25) is 0 Å². The third-order valence-electron chi connectivity index (χ3n) is 1.77. The number of ether oxygens (including phenoxy) is 2. The van der Waals surface area contributed by atoms with Gasteiger partial charge in [0.25, 0.3) is 0 Å². The van der Waals surface area contributed by atoms with Crippen LogP contribution in [0.3, 0.4) is 0 Å². The number of carbonyl (C=O) groups excluding carboxylic acids is 1. The number of hydrogen-bond donors (Lipinski definition) is 1. The quantitative estimate of drug-likeness (QED) is 0.564. The van der Waals surface area contributed by atoms with Crippen molar-refractivity contribution in [2.45, 2.75) is 13.0 Å². The Morgan fingerprint density at radius 3 is 2.71 bits per heavy atom. The molecule has 1 atom stereocenters. The first-order valence-corrected chi connectivity index (χ1v) is 4.71. The molecule has 0 fully saturated rings. The molecule has 0 heterocycles. The second kappa shape index (κ2) is 7.73. The van der Waals surface area contributed by atoms with Gasteiger partial charge in [0, 0.05) is 20.2 Å².